The van der Waals surface area contributed by atoms with E-state index in [-0.39, 0.29) is 5.96 Å². The first-order chi connectivity index (χ1) is 8.63. The number of nitrogens with zero attached hydrogens (tertiary/aromatic N) is 3. The van der Waals surface area contributed by atoms with Crippen LogP contribution in [-0.2, 0) is 6.54 Å². The number of thiazole rings is 1. The van der Waals surface area contributed by atoms with Gasteiger partial charge < -0.3 is 11.5 Å². The van der Waals surface area contributed by atoms with Gasteiger partial charge in [0.15, 0.2) is 5.96 Å². The summed E-state index contributed by atoms with van der Waals surface area (Å²) in [6.07, 6.45) is 2.33. The van der Waals surface area contributed by atoms with E-state index in [9.17, 15) is 0 Å². The third-order valence-corrected chi connectivity index (χ3v) is 4.11. The number of aryl methyl sites for hydroxylation is 1. The highest BCUT2D eigenvalue weighted by atomic mass is 32.1. The van der Waals surface area contributed by atoms with Gasteiger partial charge in [0.05, 0.1) is 10.7 Å². The first-order valence-electron chi connectivity index (χ1n) is 6.32. The fraction of sp³-hybridized carbons (Fsp3) is 0.667. The Hall–Kier alpha value is -1.14. The van der Waals surface area contributed by atoms with Gasteiger partial charge in [-0.05, 0) is 38.8 Å². The topological polar surface area (TPSA) is 80.5 Å². The summed E-state index contributed by atoms with van der Waals surface area (Å²) in [4.78, 5) is 11.1. The SMILES string of the molecule is Cc1nc(CN2CCC(CN=C(N)N)CC2)cs1. The molecule has 1 aromatic rings. The van der Waals surface area contributed by atoms with E-state index in [1.54, 1.807) is 11.3 Å². The van der Waals surface area contributed by atoms with Crippen molar-refractivity contribution in [2.75, 3.05) is 19.6 Å². The molecule has 0 aromatic carbocycles. The van der Waals surface area contributed by atoms with Gasteiger partial charge in [0.1, 0.15) is 0 Å². The monoisotopic (exact) mass is 267 g/mol. The molecule has 2 rings (SSSR count). The number of nitrogens with two attached hydrogens (primary N) is 2. The molecule has 0 unspecified atom stereocenters. The molecule has 4 N–H and O–H groups in total. The van der Waals surface area contributed by atoms with E-state index in [1.165, 1.54) is 18.5 Å². The van der Waals surface area contributed by atoms with E-state index >= 15 is 0 Å². The van der Waals surface area contributed by atoms with Crippen LogP contribution in [0.25, 0.3) is 0 Å². The van der Waals surface area contributed by atoms with Crippen LogP contribution in [0.5, 0.6) is 0 Å². The Morgan fingerprint density at radius 1 is 1.50 bits per heavy atom. The number of hydrogen-bond donors (Lipinski definition) is 2. The Morgan fingerprint density at radius 3 is 2.78 bits per heavy atom. The summed E-state index contributed by atoms with van der Waals surface area (Å²) in [6, 6.07) is 0. The van der Waals surface area contributed by atoms with Crippen LogP contribution in [0.15, 0.2) is 10.4 Å². The van der Waals surface area contributed by atoms with Gasteiger partial charge in [-0.1, -0.05) is 0 Å². The maximum Gasteiger partial charge on any atom is 0.185 e. The number of likely N-dealkylation sites (tertiary alicyclic amines) is 1. The third kappa shape index (κ3) is 3.96. The summed E-state index contributed by atoms with van der Waals surface area (Å²) < 4.78 is 0. The molecule has 0 atom stereocenters. The number of rotatable bonds is 4. The molecule has 0 saturated carbocycles. The lowest BCUT2D eigenvalue weighted by atomic mass is 9.97. The van der Waals surface area contributed by atoms with Crippen LogP contribution in [0.1, 0.15) is 23.5 Å². The molecule has 1 aromatic heterocycles. The molecule has 0 aliphatic carbocycles. The molecule has 2 heterocycles. The zero-order chi connectivity index (χ0) is 13.0. The minimum Gasteiger partial charge on any atom is -0.370 e. The van der Waals surface area contributed by atoms with E-state index in [1.807, 2.05) is 0 Å². The Balaban J connectivity index is 1.75. The summed E-state index contributed by atoms with van der Waals surface area (Å²) in [5, 5.41) is 3.30. The van der Waals surface area contributed by atoms with E-state index in [4.69, 9.17) is 11.5 Å². The second kappa shape index (κ2) is 6.15. The lowest BCUT2D eigenvalue weighted by Gasteiger charge is -2.30. The maximum atomic E-state index is 5.35. The number of aliphatic imine (C=N–C) groups is 1. The van der Waals surface area contributed by atoms with Gasteiger partial charge in [0.25, 0.3) is 0 Å². The summed E-state index contributed by atoms with van der Waals surface area (Å²) >= 11 is 1.72. The van der Waals surface area contributed by atoms with Gasteiger partial charge in [0, 0.05) is 18.5 Å². The van der Waals surface area contributed by atoms with E-state index in [0.717, 1.165) is 31.2 Å². The maximum absolute atomic E-state index is 5.35. The molecule has 0 spiro atoms. The van der Waals surface area contributed by atoms with E-state index in [2.05, 4.69) is 27.2 Å². The van der Waals surface area contributed by atoms with E-state index < -0.39 is 0 Å². The highest BCUT2D eigenvalue weighted by molar-refractivity contribution is 7.09. The Kier molecular flexibility index (Phi) is 4.54. The molecule has 1 fully saturated rings. The summed E-state index contributed by atoms with van der Waals surface area (Å²) in [5.74, 6) is 0.830. The highest BCUT2D eigenvalue weighted by Crippen LogP contribution is 2.19. The van der Waals surface area contributed by atoms with E-state index in [0.29, 0.717) is 5.92 Å². The zero-order valence-corrected chi connectivity index (χ0v) is 11.6. The Morgan fingerprint density at radius 2 is 2.22 bits per heavy atom. The van der Waals surface area contributed by atoms with Crippen LogP contribution in [0, 0.1) is 12.8 Å². The minimum atomic E-state index is 0.204. The van der Waals surface area contributed by atoms with Gasteiger partial charge in [-0.15, -0.1) is 11.3 Å². The van der Waals surface area contributed by atoms with Crippen LogP contribution in [-0.4, -0.2) is 35.5 Å². The molecule has 1 aliphatic rings. The van der Waals surface area contributed by atoms with Crippen LogP contribution < -0.4 is 11.5 Å². The van der Waals surface area contributed by atoms with Crippen molar-refractivity contribution in [3.05, 3.63) is 16.1 Å². The molecule has 0 radical (unpaired) electrons. The van der Waals surface area contributed by atoms with Crippen LogP contribution in [0.3, 0.4) is 0 Å². The van der Waals surface area contributed by atoms with Crippen molar-refractivity contribution in [3.63, 3.8) is 0 Å². The summed E-state index contributed by atoms with van der Waals surface area (Å²) in [7, 11) is 0. The van der Waals surface area contributed by atoms with Crippen LogP contribution >= 0.6 is 11.3 Å². The lowest BCUT2D eigenvalue weighted by Crippen LogP contribution is -2.34. The van der Waals surface area contributed by atoms with Gasteiger partial charge in [-0.25, -0.2) is 4.98 Å². The van der Waals surface area contributed by atoms with Gasteiger partial charge in [-0.2, -0.15) is 0 Å². The number of piperidine rings is 1. The predicted molar refractivity (Wildman–Crippen MR) is 75.5 cm³/mol. The number of hydrogen-bond acceptors (Lipinski definition) is 4. The molecule has 0 bridgehead atoms. The lowest BCUT2D eigenvalue weighted by molar-refractivity contribution is 0.179. The standard InChI is InChI=1S/C12H21N5S/c1-9-16-11(8-18-9)7-17-4-2-10(3-5-17)6-15-12(13)14/h8,10H,2-7H2,1H3,(H4,13,14,15). The van der Waals surface area contributed by atoms with Crippen molar-refractivity contribution in [3.8, 4) is 0 Å². The Bertz CT molecular complexity index is 402. The highest BCUT2D eigenvalue weighted by Gasteiger charge is 2.19. The number of guanidine groups is 1. The molecular formula is C12H21N5S. The molecule has 18 heavy (non-hydrogen) atoms. The molecule has 100 valence electrons. The predicted octanol–water partition coefficient (Wildman–Crippen LogP) is 0.937. The Labute approximate surface area is 112 Å². The second-order valence-corrected chi connectivity index (χ2v) is 5.91. The average molecular weight is 267 g/mol. The fourth-order valence-corrected chi connectivity index (χ4v) is 2.88. The average Bonchev–Trinajstić information content (AvgIpc) is 2.74. The third-order valence-electron chi connectivity index (χ3n) is 3.29. The van der Waals surface area contributed by atoms with Gasteiger partial charge in [0.2, 0.25) is 0 Å². The smallest absolute Gasteiger partial charge is 0.185 e. The number of aromatic nitrogens is 1. The second-order valence-electron chi connectivity index (χ2n) is 4.84. The van der Waals surface area contributed by atoms with Crippen molar-refractivity contribution in [1.29, 1.82) is 0 Å². The van der Waals surface area contributed by atoms with Crippen molar-refractivity contribution < 1.29 is 0 Å². The first-order valence-corrected chi connectivity index (χ1v) is 7.20. The molecule has 5 nitrogen and oxygen atoms in total. The molecule has 0 amide bonds. The van der Waals surface area contributed by atoms with Gasteiger partial charge >= 0.3 is 0 Å². The summed E-state index contributed by atoms with van der Waals surface area (Å²) in [5.41, 5.74) is 11.9. The summed E-state index contributed by atoms with van der Waals surface area (Å²) in [6.45, 7) is 6.02. The van der Waals surface area contributed by atoms with Crippen LogP contribution in [0.4, 0.5) is 0 Å². The van der Waals surface area contributed by atoms with Crippen molar-refractivity contribution in [2.45, 2.75) is 26.3 Å². The van der Waals surface area contributed by atoms with Crippen molar-refractivity contribution in [1.82, 2.24) is 9.88 Å². The molecule has 1 aliphatic heterocycles. The van der Waals surface area contributed by atoms with Gasteiger partial charge in [-0.3, -0.25) is 9.89 Å². The van der Waals surface area contributed by atoms with Crippen molar-refractivity contribution in [2.24, 2.45) is 22.4 Å². The fourth-order valence-electron chi connectivity index (χ4n) is 2.27. The zero-order valence-electron chi connectivity index (χ0n) is 10.8. The normalized spacial score (nSPS) is 17.8. The van der Waals surface area contributed by atoms with Crippen molar-refractivity contribution >= 4 is 17.3 Å². The first kappa shape index (κ1) is 13.3. The molecular weight excluding hydrogens is 246 g/mol. The quantitative estimate of drug-likeness (QED) is 0.628. The molecule has 1 saturated heterocycles. The van der Waals surface area contributed by atoms with Crippen LogP contribution in [0.2, 0.25) is 0 Å². The minimum absolute atomic E-state index is 0.204. The largest absolute Gasteiger partial charge is 0.370 e. The molecule has 6 heteroatoms.